The SMILES string of the molecule is Cn1cnc([N+](=O)[O-])c1NCCCN1CCN(c2cccc(C(F)(F)F)c2)CC1. The number of aromatic nitrogens is 2. The van der Waals surface area contributed by atoms with Crippen LogP contribution >= 0.6 is 0 Å². The molecule has 0 saturated carbocycles. The summed E-state index contributed by atoms with van der Waals surface area (Å²) in [6.45, 7) is 4.18. The third-order valence-corrected chi connectivity index (χ3v) is 4.95. The van der Waals surface area contributed by atoms with Crippen molar-refractivity contribution >= 4 is 17.3 Å². The Bertz CT molecular complexity index is 846. The predicted molar refractivity (Wildman–Crippen MR) is 103 cm³/mol. The van der Waals surface area contributed by atoms with Crippen molar-refractivity contribution in [3.05, 3.63) is 46.3 Å². The number of piperazine rings is 1. The first-order chi connectivity index (χ1) is 13.8. The van der Waals surface area contributed by atoms with E-state index in [1.54, 1.807) is 17.7 Å². The third-order valence-electron chi connectivity index (χ3n) is 4.95. The molecule has 2 aromatic rings. The minimum absolute atomic E-state index is 0.192. The zero-order valence-electron chi connectivity index (χ0n) is 16.0. The molecule has 0 radical (unpaired) electrons. The van der Waals surface area contributed by atoms with Gasteiger partial charge in [-0.1, -0.05) is 6.07 Å². The highest BCUT2D eigenvalue weighted by molar-refractivity contribution is 5.52. The fraction of sp³-hybridized carbons (Fsp3) is 0.500. The first kappa shape index (κ1) is 20.9. The molecular weight excluding hydrogens is 389 g/mol. The standard InChI is InChI=1S/C18H23F3N6O2/c1-24-13-23-17(27(28)29)16(24)22-6-3-7-25-8-10-26(11-9-25)15-5-2-4-14(12-15)18(19,20)21/h2,4-5,12-13,22H,3,6-11H2,1H3. The van der Waals surface area contributed by atoms with Crippen molar-refractivity contribution in [2.75, 3.05) is 49.5 Å². The Balaban J connectivity index is 1.44. The fourth-order valence-corrected chi connectivity index (χ4v) is 3.37. The van der Waals surface area contributed by atoms with E-state index in [1.165, 1.54) is 18.5 Å². The van der Waals surface area contributed by atoms with Gasteiger partial charge in [0.25, 0.3) is 0 Å². The van der Waals surface area contributed by atoms with Crippen LogP contribution < -0.4 is 10.2 Å². The molecule has 1 aliphatic rings. The van der Waals surface area contributed by atoms with Crippen molar-refractivity contribution in [3.63, 3.8) is 0 Å². The normalized spacial score (nSPS) is 15.5. The molecule has 2 heterocycles. The van der Waals surface area contributed by atoms with E-state index in [9.17, 15) is 23.3 Å². The summed E-state index contributed by atoms with van der Waals surface area (Å²) < 4.78 is 40.2. The lowest BCUT2D eigenvalue weighted by molar-refractivity contribution is -0.388. The summed E-state index contributed by atoms with van der Waals surface area (Å²) in [5.74, 6) is 0.187. The number of hydrogen-bond acceptors (Lipinski definition) is 6. The highest BCUT2D eigenvalue weighted by atomic mass is 19.4. The number of nitrogens with one attached hydrogen (secondary N) is 1. The number of benzene rings is 1. The van der Waals surface area contributed by atoms with Gasteiger partial charge in [0.15, 0.2) is 0 Å². The maximum absolute atomic E-state index is 12.9. The molecule has 1 saturated heterocycles. The van der Waals surface area contributed by atoms with Gasteiger partial charge in [0.1, 0.15) is 0 Å². The van der Waals surface area contributed by atoms with Crippen LogP contribution in [0.25, 0.3) is 0 Å². The van der Waals surface area contributed by atoms with Gasteiger partial charge in [0.2, 0.25) is 12.1 Å². The molecule has 8 nitrogen and oxygen atoms in total. The Kier molecular flexibility index (Phi) is 6.26. The van der Waals surface area contributed by atoms with Gasteiger partial charge < -0.3 is 20.3 Å². The topological polar surface area (TPSA) is 79.5 Å². The fourth-order valence-electron chi connectivity index (χ4n) is 3.37. The zero-order chi connectivity index (χ0) is 21.0. The number of nitrogens with zero attached hydrogens (tertiary/aromatic N) is 5. The van der Waals surface area contributed by atoms with E-state index < -0.39 is 16.7 Å². The molecule has 0 spiro atoms. The van der Waals surface area contributed by atoms with E-state index in [2.05, 4.69) is 15.2 Å². The number of nitro groups is 1. The molecular formula is C18H23F3N6O2. The summed E-state index contributed by atoms with van der Waals surface area (Å²) in [6, 6.07) is 5.42. The predicted octanol–water partition coefficient (Wildman–Crippen LogP) is 2.97. The van der Waals surface area contributed by atoms with Crippen LogP contribution in [0.4, 0.5) is 30.5 Å². The number of hydrogen-bond donors (Lipinski definition) is 1. The van der Waals surface area contributed by atoms with Gasteiger partial charge in [-0.3, -0.25) is 9.47 Å². The summed E-state index contributed by atoms with van der Waals surface area (Å²) >= 11 is 0. The Morgan fingerprint density at radius 1 is 1.24 bits per heavy atom. The smallest absolute Gasteiger partial charge is 0.369 e. The second kappa shape index (κ2) is 8.68. The van der Waals surface area contributed by atoms with Crippen molar-refractivity contribution in [3.8, 4) is 0 Å². The molecule has 1 aromatic heterocycles. The molecule has 0 aliphatic carbocycles. The van der Waals surface area contributed by atoms with Gasteiger partial charge in [0.05, 0.1) is 5.56 Å². The highest BCUT2D eigenvalue weighted by Gasteiger charge is 2.31. The largest absolute Gasteiger partial charge is 0.416 e. The number of anilines is 2. The van der Waals surface area contributed by atoms with Gasteiger partial charge in [-0.25, -0.2) is 0 Å². The Hall–Kier alpha value is -2.82. The Morgan fingerprint density at radius 2 is 1.97 bits per heavy atom. The molecule has 3 rings (SSSR count). The van der Waals surface area contributed by atoms with Crippen LogP contribution in [0.15, 0.2) is 30.6 Å². The van der Waals surface area contributed by atoms with E-state index in [0.717, 1.165) is 32.1 Å². The lowest BCUT2D eigenvalue weighted by Crippen LogP contribution is -2.46. The molecule has 11 heteroatoms. The average molecular weight is 412 g/mol. The number of aryl methyl sites for hydroxylation is 1. The van der Waals surface area contributed by atoms with Gasteiger partial charge in [-0.2, -0.15) is 13.2 Å². The molecule has 1 fully saturated rings. The number of halogens is 3. The second-order valence-corrected chi connectivity index (χ2v) is 6.94. The van der Waals surface area contributed by atoms with Crippen LogP contribution in [0.5, 0.6) is 0 Å². The number of rotatable bonds is 7. The van der Waals surface area contributed by atoms with Crippen LogP contribution in [-0.2, 0) is 13.2 Å². The van der Waals surface area contributed by atoms with Gasteiger partial charge in [0, 0.05) is 45.5 Å². The lowest BCUT2D eigenvalue weighted by Gasteiger charge is -2.36. The van der Waals surface area contributed by atoms with Gasteiger partial charge >= 0.3 is 12.0 Å². The molecule has 0 bridgehead atoms. The molecule has 0 unspecified atom stereocenters. The van der Waals surface area contributed by atoms with E-state index in [1.807, 2.05) is 4.90 Å². The molecule has 1 N–H and O–H groups in total. The van der Waals surface area contributed by atoms with E-state index >= 15 is 0 Å². The molecule has 1 aliphatic heterocycles. The van der Waals surface area contributed by atoms with Crippen LogP contribution in [0.3, 0.4) is 0 Å². The van der Waals surface area contributed by atoms with Gasteiger partial charge in [-0.15, -0.1) is 0 Å². The van der Waals surface area contributed by atoms with Crippen LogP contribution in [0.2, 0.25) is 0 Å². The average Bonchev–Trinajstić information content (AvgIpc) is 3.06. The van der Waals surface area contributed by atoms with Crippen LogP contribution in [0, 0.1) is 10.1 Å². The first-order valence-electron chi connectivity index (χ1n) is 9.30. The Morgan fingerprint density at radius 3 is 2.62 bits per heavy atom. The summed E-state index contributed by atoms with van der Waals surface area (Å²) in [7, 11) is 1.69. The maximum atomic E-state index is 12.9. The van der Waals surface area contributed by atoms with E-state index in [4.69, 9.17) is 0 Å². The number of alkyl halides is 3. The molecule has 158 valence electrons. The quantitative estimate of drug-likeness (QED) is 0.428. The maximum Gasteiger partial charge on any atom is 0.416 e. The first-order valence-corrected chi connectivity index (χ1v) is 9.30. The van der Waals surface area contributed by atoms with Crippen molar-refractivity contribution in [2.24, 2.45) is 7.05 Å². The van der Waals surface area contributed by atoms with Crippen LogP contribution in [0.1, 0.15) is 12.0 Å². The molecule has 29 heavy (non-hydrogen) atoms. The highest BCUT2D eigenvalue weighted by Crippen LogP contribution is 2.31. The Labute approximate surface area is 166 Å². The zero-order valence-corrected chi connectivity index (χ0v) is 16.0. The molecule has 0 atom stereocenters. The van der Waals surface area contributed by atoms with Crippen molar-refractivity contribution in [2.45, 2.75) is 12.6 Å². The third kappa shape index (κ3) is 5.17. The summed E-state index contributed by atoms with van der Waals surface area (Å²) in [5, 5.41) is 14.0. The molecule has 0 amide bonds. The van der Waals surface area contributed by atoms with E-state index in [0.29, 0.717) is 31.1 Å². The minimum Gasteiger partial charge on any atom is -0.369 e. The minimum atomic E-state index is -4.34. The second-order valence-electron chi connectivity index (χ2n) is 6.94. The van der Waals surface area contributed by atoms with Crippen molar-refractivity contribution in [1.29, 1.82) is 0 Å². The molecule has 1 aromatic carbocycles. The summed E-state index contributed by atoms with van der Waals surface area (Å²) in [4.78, 5) is 18.4. The van der Waals surface area contributed by atoms with Gasteiger partial charge in [-0.05, 0) is 41.1 Å². The number of imidazole rings is 1. The monoisotopic (exact) mass is 412 g/mol. The van der Waals surface area contributed by atoms with Crippen molar-refractivity contribution < 1.29 is 18.1 Å². The van der Waals surface area contributed by atoms with E-state index in [-0.39, 0.29) is 5.82 Å². The lowest BCUT2D eigenvalue weighted by atomic mass is 10.1. The summed E-state index contributed by atoms with van der Waals surface area (Å²) in [5.41, 5.74) is -0.0441. The van der Waals surface area contributed by atoms with Crippen LogP contribution in [-0.4, -0.2) is 58.6 Å². The van der Waals surface area contributed by atoms with Crippen molar-refractivity contribution in [1.82, 2.24) is 14.5 Å². The summed E-state index contributed by atoms with van der Waals surface area (Å²) in [6.07, 6.45) is -2.16.